The van der Waals surface area contributed by atoms with Gasteiger partial charge < -0.3 is 0 Å². The normalized spacial score (nSPS) is 11.5. The van der Waals surface area contributed by atoms with E-state index < -0.39 is 15.8 Å². The fourth-order valence-electron chi connectivity index (χ4n) is 1.23. The number of hydrogen-bond donors (Lipinski definition) is 1. The van der Waals surface area contributed by atoms with Crippen LogP contribution in [-0.2, 0) is 14.8 Å². The summed E-state index contributed by atoms with van der Waals surface area (Å²) >= 11 is 0. The van der Waals surface area contributed by atoms with Crippen LogP contribution in [0, 0.1) is 12.7 Å². The van der Waals surface area contributed by atoms with Gasteiger partial charge >= 0.3 is 0 Å². The Labute approximate surface area is 99.9 Å². The van der Waals surface area contributed by atoms with Crippen LogP contribution in [0.1, 0.15) is 18.9 Å². The molecule has 0 atom stereocenters. The first kappa shape index (κ1) is 13.8. The Morgan fingerprint density at radius 2 is 2.06 bits per heavy atom. The number of halogens is 1. The second kappa shape index (κ2) is 5.37. The quantitative estimate of drug-likeness (QED) is 0.869. The molecule has 0 unspecified atom stereocenters. The number of Topliss-reactive ketones (excluding diaryl/α,β-unsaturated/α-hetero) is 1. The fourth-order valence-corrected chi connectivity index (χ4v) is 2.35. The van der Waals surface area contributed by atoms with Gasteiger partial charge in [0.25, 0.3) is 0 Å². The zero-order valence-electron chi connectivity index (χ0n) is 9.66. The first-order valence-electron chi connectivity index (χ1n) is 5.08. The van der Waals surface area contributed by atoms with Crippen molar-refractivity contribution in [2.75, 3.05) is 6.54 Å². The van der Waals surface area contributed by atoms with Gasteiger partial charge in [0.1, 0.15) is 11.6 Å². The summed E-state index contributed by atoms with van der Waals surface area (Å²) in [7, 11) is -3.66. The maximum Gasteiger partial charge on any atom is 0.240 e. The van der Waals surface area contributed by atoms with E-state index in [1.165, 1.54) is 26.0 Å². The van der Waals surface area contributed by atoms with Gasteiger partial charge in [-0.25, -0.2) is 17.5 Å². The summed E-state index contributed by atoms with van der Waals surface area (Å²) in [6.45, 7) is 2.92. The predicted molar refractivity (Wildman–Crippen MR) is 61.6 cm³/mol. The van der Waals surface area contributed by atoms with E-state index in [2.05, 4.69) is 4.72 Å². The monoisotopic (exact) mass is 259 g/mol. The largest absolute Gasteiger partial charge is 0.300 e. The van der Waals surface area contributed by atoms with Gasteiger partial charge in [-0.05, 0) is 37.6 Å². The van der Waals surface area contributed by atoms with Crippen LogP contribution in [0.15, 0.2) is 23.1 Å². The summed E-state index contributed by atoms with van der Waals surface area (Å²) in [5, 5.41) is 0. The first-order valence-corrected chi connectivity index (χ1v) is 6.56. The van der Waals surface area contributed by atoms with Crippen LogP contribution in [0.4, 0.5) is 4.39 Å². The lowest BCUT2D eigenvalue weighted by Gasteiger charge is -2.06. The van der Waals surface area contributed by atoms with E-state index in [4.69, 9.17) is 0 Å². The zero-order valence-corrected chi connectivity index (χ0v) is 10.5. The van der Waals surface area contributed by atoms with Crippen molar-refractivity contribution in [2.24, 2.45) is 0 Å². The third-order valence-corrected chi connectivity index (χ3v) is 3.67. The SMILES string of the molecule is CC(=O)CCNS(=O)(=O)c1ccc(F)c(C)c1. The van der Waals surface area contributed by atoms with E-state index in [1.54, 1.807) is 0 Å². The maximum atomic E-state index is 13.0. The lowest BCUT2D eigenvalue weighted by Crippen LogP contribution is -2.26. The molecule has 0 aliphatic carbocycles. The van der Waals surface area contributed by atoms with E-state index in [0.717, 1.165) is 6.07 Å². The highest BCUT2D eigenvalue weighted by Crippen LogP contribution is 2.13. The average Bonchev–Trinajstić information content (AvgIpc) is 2.21. The lowest BCUT2D eigenvalue weighted by atomic mass is 10.2. The standard InChI is InChI=1S/C11H14FNO3S/c1-8-7-10(3-4-11(8)12)17(15,16)13-6-5-9(2)14/h3-4,7,13H,5-6H2,1-2H3. The molecule has 0 aliphatic heterocycles. The van der Waals surface area contributed by atoms with E-state index >= 15 is 0 Å². The molecule has 4 nitrogen and oxygen atoms in total. The van der Waals surface area contributed by atoms with Gasteiger partial charge in [-0.3, -0.25) is 4.79 Å². The first-order chi connectivity index (χ1) is 7.83. The van der Waals surface area contributed by atoms with Crippen molar-refractivity contribution in [1.29, 1.82) is 0 Å². The zero-order chi connectivity index (χ0) is 13.1. The minimum atomic E-state index is -3.66. The Hall–Kier alpha value is -1.27. The number of carbonyl (C=O) groups is 1. The van der Waals surface area contributed by atoms with Crippen LogP contribution in [0.3, 0.4) is 0 Å². The summed E-state index contributed by atoms with van der Waals surface area (Å²) in [6.07, 6.45) is 0.138. The highest BCUT2D eigenvalue weighted by Gasteiger charge is 2.14. The Kier molecular flexibility index (Phi) is 4.36. The molecular formula is C11H14FNO3S. The van der Waals surface area contributed by atoms with Gasteiger partial charge in [-0.15, -0.1) is 0 Å². The number of aryl methyl sites for hydroxylation is 1. The molecular weight excluding hydrogens is 245 g/mol. The molecule has 0 aliphatic rings. The fraction of sp³-hybridized carbons (Fsp3) is 0.364. The second-order valence-electron chi connectivity index (χ2n) is 3.76. The molecule has 1 rings (SSSR count). The molecule has 6 heteroatoms. The van der Waals surface area contributed by atoms with Crippen molar-refractivity contribution in [3.63, 3.8) is 0 Å². The molecule has 0 saturated heterocycles. The Morgan fingerprint density at radius 1 is 1.41 bits per heavy atom. The molecule has 17 heavy (non-hydrogen) atoms. The van der Waals surface area contributed by atoms with Gasteiger partial charge in [0.05, 0.1) is 4.90 Å². The van der Waals surface area contributed by atoms with Crippen LogP contribution in [-0.4, -0.2) is 20.7 Å². The molecule has 1 aromatic rings. The van der Waals surface area contributed by atoms with Crippen LogP contribution >= 0.6 is 0 Å². The number of carbonyl (C=O) groups excluding carboxylic acids is 1. The smallest absolute Gasteiger partial charge is 0.240 e. The summed E-state index contributed by atoms with van der Waals surface area (Å²) in [5.41, 5.74) is 0.263. The van der Waals surface area contributed by atoms with Crippen molar-refractivity contribution >= 4 is 15.8 Å². The van der Waals surface area contributed by atoms with E-state index in [1.807, 2.05) is 0 Å². The molecule has 0 spiro atoms. The van der Waals surface area contributed by atoms with Crippen LogP contribution in [0.5, 0.6) is 0 Å². The van der Waals surface area contributed by atoms with Gasteiger partial charge in [-0.2, -0.15) is 0 Å². The highest BCUT2D eigenvalue weighted by atomic mass is 32.2. The van der Waals surface area contributed by atoms with E-state index in [0.29, 0.717) is 0 Å². The molecule has 94 valence electrons. The summed E-state index contributed by atoms with van der Waals surface area (Å²) in [4.78, 5) is 10.7. The van der Waals surface area contributed by atoms with Crippen LogP contribution < -0.4 is 4.72 Å². The van der Waals surface area contributed by atoms with Gasteiger partial charge in [0.15, 0.2) is 0 Å². The van der Waals surface area contributed by atoms with Crippen molar-refractivity contribution < 1.29 is 17.6 Å². The number of nitrogens with one attached hydrogen (secondary N) is 1. The Bertz CT molecular complexity index is 526. The molecule has 0 radical (unpaired) electrons. The molecule has 0 aromatic heterocycles. The topological polar surface area (TPSA) is 63.2 Å². The molecule has 1 N–H and O–H groups in total. The number of rotatable bonds is 5. The van der Waals surface area contributed by atoms with Crippen molar-refractivity contribution in [3.05, 3.63) is 29.6 Å². The number of benzene rings is 1. The molecule has 0 bridgehead atoms. The maximum absolute atomic E-state index is 13.0. The Balaban J connectivity index is 2.82. The molecule has 0 heterocycles. The van der Waals surface area contributed by atoms with Gasteiger partial charge in [0, 0.05) is 13.0 Å². The summed E-state index contributed by atoms with van der Waals surface area (Å²) in [6, 6.07) is 3.55. The van der Waals surface area contributed by atoms with Crippen molar-refractivity contribution in [1.82, 2.24) is 4.72 Å². The molecule has 0 saturated carbocycles. The number of hydrogen-bond acceptors (Lipinski definition) is 3. The van der Waals surface area contributed by atoms with Crippen molar-refractivity contribution in [3.8, 4) is 0 Å². The average molecular weight is 259 g/mol. The second-order valence-corrected chi connectivity index (χ2v) is 5.53. The molecule has 1 aromatic carbocycles. The van der Waals surface area contributed by atoms with Gasteiger partial charge in [-0.1, -0.05) is 0 Å². The lowest BCUT2D eigenvalue weighted by molar-refractivity contribution is -0.116. The Morgan fingerprint density at radius 3 is 2.59 bits per heavy atom. The van der Waals surface area contributed by atoms with Crippen molar-refractivity contribution in [2.45, 2.75) is 25.2 Å². The summed E-state index contributed by atoms with van der Waals surface area (Å²) in [5.74, 6) is -0.546. The number of ketones is 1. The highest BCUT2D eigenvalue weighted by molar-refractivity contribution is 7.89. The van der Waals surface area contributed by atoms with E-state index in [-0.39, 0.29) is 29.2 Å². The van der Waals surface area contributed by atoms with Crippen LogP contribution in [0.2, 0.25) is 0 Å². The molecule has 0 fully saturated rings. The van der Waals surface area contributed by atoms with E-state index in [9.17, 15) is 17.6 Å². The minimum absolute atomic E-state index is 0.0000444. The van der Waals surface area contributed by atoms with Gasteiger partial charge in [0.2, 0.25) is 10.0 Å². The third kappa shape index (κ3) is 3.90. The predicted octanol–water partition coefficient (Wildman–Crippen LogP) is 1.39. The third-order valence-electron chi connectivity index (χ3n) is 2.21. The summed E-state index contributed by atoms with van der Waals surface area (Å²) < 4.78 is 38.7. The number of sulfonamides is 1. The molecule has 0 amide bonds. The minimum Gasteiger partial charge on any atom is -0.300 e. The van der Waals surface area contributed by atoms with Crippen LogP contribution in [0.25, 0.3) is 0 Å².